The number of aryl methyl sites for hydroxylation is 1. The van der Waals surface area contributed by atoms with Gasteiger partial charge in [0.05, 0.1) is 14.2 Å². The van der Waals surface area contributed by atoms with Crippen molar-refractivity contribution >= 4 is 5.91 Å². The van der Waals surface area contributed by atoms with E-state index >= 15 is 0 Å². The van der Waals surface area contributed by atoms with Gasteiger partial charge in [-0.15, -0.1) is 0 Å². The van der Waals surface area contributed by atoms with E-state index in [0.29, 0.717) is 5.56 Å². The molecule has 0 aromatic heterocycles. The Labute approximate surface area is 89.4 Å². The molecule has 0 radical (unpaired) electrons. The quantitative estimate of drug-likeness (QED) is 0.710. The van der Waals surface area contributed by atoms with Gasteiger partial charge >= 0.3 is 0 Å². The van der Waals surface area contributed by atoms with Gasteiger partial charge in [0, 0.05) is 12.6 Å². The van der Waals surface area contributed by atoms with Crippen LogP contribution in [0.25, 0.3) is 0 Å². The molecule has 0 saturated heterocycles. The van der Waals surface area contributed by atoms with Crippen LogP contribution >= 0.6 is 0 Å². The van der Waals surface area contributed by atoms with Gasteiger partial charge in [0.1, 0.15) is 5.75 Å². The predicted molar refractivity (Wildman–Crippen MR) is 56.8 cm³/mol. The van der Waals surface area contributed by atoms with Crippen molar-refractivity contribution < 1.29 is 14.4 Å². The van der Waals surface area contributed by atoms with E-state index < -0.39 is 0 Å². The van der Waals surface area contributed by atoms with Crippen LogP contribution in [0.1, 0.15) is 15.9 Å². The summed E-state index contributed by atoms with van der Waals surface area (Å²) in [4.78, 5) is 16.6. The molecule has 0 atom stereocenters. The lowest BCUT2D eigenvalue weighted by molar-refractivity contribution is -0.0757. The van der Waals surface area contributed by atoms with Gasteiger partial charge in [0.25, 0.3) is 5.91 Å². The smallest absolute Gasteiger partial charge is 0.277 e. The Balaban J connectivity index is 3.00. The van der Waals surface area contributed by atoms with Crippen LogP contribution in [0.5, 0.6) is 5.75 Å². The maximum absolute atomic E-state index is 11.8. The van der Waals surface area contributed by atoms with Gasteiger partial charge in [-0.05, 0) is 30.7 Å². The van der Waals surface area contributed by atoms with Crippen LogP contribution in [0.15, 0.2) is 18.2 Å². The molecule has 1 aromatic carbocycles. The Morgan fingerprint density at radius 1 is 1.33 bits per heavy atom. The highest BCUT2D eigenvalue weighted by molar-refractivity contribution is 5.94. The molecular weight excluding hydrogens is 194 g/mol. The average molecular weight is 209 g/mol. The Kier molecular flexibility index (Phi) is 3.68. The van der Waals surface area contributed by atoms with Crippen LogP contribution < -0.4 is 4.74 Å². The first-order chi connectivity index (χ1) is 7.10. The number of methoxy groups -OCH3 is 1. The van der Waals surface area contributed by atoms with E-state index in [1.807, 2.05) is 13.0 Å². The van der Waals surface area contributed by atoms with E-state index in [1.165, 1.54) is 12.2 Å². The van der Waals surface area contributed by atoms with Gasteiger partial charge in [-0.1, -0.05) is 0 Å². The van der Waals surface area contributed by atoms with Crippen molar-refractivity contribution in [2.75, 3.05) is 21.3 Å². The molecule has 0 aliphatic heterocycles. The molecule has 0 unspecified atom stereocenters. The molecule has 0 saturated carbocycles. The van der Waals surface area contributed by atoms with E-state index in [2.05, 4.69) is 0 Å². The first kappa shape index (κ1) is 11.5. The standard InChI is InChI=1S/C11H15NO3/c1-8-7-9(14-3)5-6-10(8)11(13)12(2)15-4/h5-7H,1-4H3. The summed E-state index contributed by atoms with van der Waals surface area (Å²) in [5, 5.41) is 1.19. The number of carbonyl (C=O) groups excluding carboxylic acids is 1. The maximum Gasteiger partial charge on any atom is 0.277 e. The molecule has 0 N–H and O–H groups in total. The normalized spacial score (nSPS) is 9.87. The zero-order valence-electron chi connectivity index (χ0n) is 9.40. The number of hydroxylamine groups is 2. The summed E-state index contributed by atoms with van der Waals surface area (Å²) in [7, 11) is 4.63. The molecular formula is C11H15NO3. The molecule has 0 spiro atoms. The third-order valence-electron chi connectivity index (χ3n) is 2.22. The number of rotatable bonds is 3. The fraction of sp³-hybridized carbons (Fsp3) is 0.364. The van der Waals surface area contributed by atoms with Crippen LogP contribution in [0.4, 0.5) is 0 Å². The van der Waals surface area contributed by atoms with Crippen molar-refractivity contribution in [3.8, 4) is 5.75 Å². The van der Waals surface area contributed by atoms with Gasteiger partial charge in [-0.3, -0.25) is 9.63 Å². The van der Waals surface area contributed by atoms with Gasteiger partial charge in [0.2, 0.25) is 0 Å². The minimum atomic E-state index is -0.169. The molecule has 0 bridgehead atoms. The van der Waals surface area contributed by atoms with Crippen LogP contribution in [0.3, 0.4) is 0 Å². The van der Waals surface area contributed by atoms with Crippen LogP contribution in [0.2, 0.25) is 0 Å². The number of amides is 1. The lowest BCUT2D eigenvalue weighted by atomic mass is 10.1. The fourth-order valence-corrected chi connectivity index (χ4v) is 1.26. The summed E-state index contributed by atoms with van der Waals surface area (Å²) in [6.07, 6.45) is 0. The second kappa shape index (κ2) is 4.79. The zero-order chi connectivity index (χ0) is 11.4. The number of benzene rings is 1. The number of nitrogens with zero attached hydrogens (tertiary/aromatic N) is 1. The van der Waals surface area contributed by atoms with Gasteiger partial charge in [-0.2, -0.15) is 0 Å². The summed E-state index contributed by atoms with van der Waals surface area (Å²) in [6.45, 7) is 1.86. The van der Waals surface area contributed by atoms with Gasteiger partial charge in [0.15, 0.2) is 0 Å². The van der Waals surface area contributed by atoms with Crippen LogP contribution in [0, 0.1) is 6.92 Å². The summed E-state index contributed by atoms with van der Waals surface area (Å²) in [5.41, 5.74) is 1.48. The molecule has 0 aliphatic rings. The third kappa shape index (κ3) is 2.47. The van der Waals surface area contributed by atoms with Crippen LogP contribution in [-0.4, -0.2) is 32.2 Å². The van der Waals surface area contributed by atoms with Crippen molar-refractivity contribution in [1.82, 2.24) is 5.06 Å². The number of hydrogen-bond donors (Lipinski definition) is 0. The average Bonchev–Trinajstić information content (AvgIpc) is 2.26. The summed E-state index contributed by atoms with van der Waals surface area (Å²) >= 11 is 0. The molecule has 4 heteroatoms. The lowest BCUT2D eigenvalue weighted by Gasteiger charge is -2.15. The molecule has 1 rings (SSSR count). The molecule has 4 nitrogen and oxygen atoms in total. The summed E-state index contributed by atoms with van der Waals surface area (Å²) < 4.78 is 5.06. The Morgan fingerprint density at radius 2 is 2.00 bits per heavy atom. The molecule has 82 valence electrons. The SMILES string of the molecule is COc1ccc(C(=O)N(C)OC)c(C)c1. The van der Waals surface area contributed by atoms with E-state index in [4.69, 9.17) is 9.57 Å². The van der Waals surface area contributed by atoms with Crippen molar-refractivity contribution in [1.29, 1.82) is 0 Å². The second-order valence-electron chi connectivity index (χ2n) is 3.17. The highest BCUT2D eigenvalue weighted by Crippen LogP contribution is 2.17. The first-order valence-electron chi connectivity index (χ1n) is 4.57. The lowest BCUT2D eigenvalue weighted by Crippen LogP contribution is -2.26. The predicted octanol–water partition coefficient (Wildman–Crippen LogP) is 1.64. The summed E-state index contributed by atoms with van der Waals surface area (Å²) in [6, 6.07) is 5.30. The molecule has 0 fully saturated rings. The topological polar surface area (TPSA) is 38.8 Å². The zero-order valence-corrected chi connectivity index (χ0v) is 9.40. The number of ether oxygens (including phenoxy) is 1. The largest absolute Gasteiger partial charge is 0.497 e. The maximum atomic E-state index is 11.8. The highest BCUT2D eigenvalue weighted by atomic mass is 16.7. The minimum absolute atomic E-state index is 0.169. The molecule has 1 amide bonds. The Bertz CT molecular complexity index is 363. The third-order valence-corrected chi connectivity index (χ3v) is 2.22. The van der Waals surface area contributed by atoms with E-state index in [0.717, 1.165) is 11.3 Å². The van der Waals surface area contributed by atoms with Gasteiger partial charge < -0.3 is 4.74 Å². The number of carbonyl (C=O) groups is 1. The van der Waals surface area contributed by atoms with E-state index in [1.54, 1.807) is 26.3 Å². The van der Waals surface area contributed by atoms with Crippen molar-refractivity contribution in [2.24, 2.45) is 0 Å². The van der Waals surface area contributed by atoms with E-state index in [9.17, 15) is 4.79 Å². The number of hydrogen-bond acceptors (Lipinski definition) is 3. The summed E-state index contributed by atoms with van der Waals surface area (Å²) in [5.74, 6) is 0.571. The van der Waals surface area contributed by atoms with Gasteiger partial charge in [-0.25, -0.2) is 5.06 Å². The Hall–Kier alpha value is -1.55. The fourth-order valence-electron chi connectivity index (χ4n) is 1.26. The van der Waals surface area contributed by atoms with Crippen LogP contribution in [-0.2, 0) is 4.84 Å². The van der Waals surface area contributed by atoms with Crippen molar-refractivity contribution in [3.05, 3.63) is 29.3 Å². The van der Waals surface area contributed by atoms with E-state index in [-0.39, 0.29) is 5.91 Å². The molecule has 15 heavy (non-hydrogen) atoms. The molecule has 0 heterocycles. The first-order valence-corrected chi connectivity index (χ1v) is 4.57. The molecule has 0 aliphatic carbocycles. The van der Waals surface area contributed by atoms with Crippen molar-refractivity contribution in [3.63, 3.8) is 0 Å². The van der Waals surface area contributed by atoms with Crippen molar-refractivity contribution in [2.45, 2.75) is 6.92 Å². The highest BCUT2D eigenvalue weighted by Gasteiger charge is 2.13. The molecule has 1 aromatic rings. The Morgan fingerprint density at radius 3 is 2.47 bits per heavy atom. The minimum Gasteiger partial charge on any atom is -0.497 e. The monoisotopic (exact) mass is 209 g/mol. The second-order valence-corrected chi connectivity index (χ2v) is 3.17.